The van der Waals surface area contributed by atoms with Crippen LogP contribution in [0.2, 0.25) is 0 Å². The molecule has 1 amide bonds. The largest absolute Gasteiger partial charge is 0.455 e. The number of hydrogen-bond acceptors (Lipinski definition) is 6. The molecule has 8 nitrogen and oxygen atoms in total. The van der Waals surface area contributed by atoms with Crippen molar-refractivity contribution in [3.63, 3.8) is 0 Å². The number of nitrogens with zero attached hydrogens (tertiary/aromatic N) is 3. The first kappa shape index (κ1) is 20.7. The van der Waals surface area contributed by atoms with Crippen molar-refractivity contribution in [3.8, 4) is 0 Å². The van der Waals surface area contributed by atoms with Crippen LogP contribution in [0.1, 0.15) is 32.6 Å². The van der Waals surface area contributed by atoms with Crippen LogP contribution >= 0.6 is 0 Å². The van der Waals surface area contributed by atoms with Crippen LogP contribution in [0.15, 0.2) is 29.4 Å². The molecule has 2 fully saturated rings. The van der Waals surface area contributed by atoms with Crippen molar-refractivity contribution < 1.29 is 22.7 Å². The summed E-state index contributed by atoms with van der Waals surface area (Å²) in [4.78, 5) is 30.2. The molecule has 3 heterocycles. The van der Waals surface area contributed by atoms with Crippen LogP contribution in [0.4, 0.5) is 0 Å². The van der Waals surface area contributed by atoms with Crippen molar-refractivity contribution in [1.29, 1.82) is 0 Å². The Morgan fingerprint density at radius 2 is 1.82 bits per heavy atom. The van der Waals surface area contributed by atoms with Gasteiger partial charge < -0.3 is 9.64 Å². The summed E-state index contributed by atoms with van der Waals surface area (Å²) >= 11 is 0. The zero-order valence-electron chi connectivity index (χ0n) is 16.1. The van der Waals surface area contributed by atoms with Gasteiger partial charge in [0.1, 0.15) is 4.90 Å². The number of likely N-dealkylation sites (tertiary alicyclic amines) is 1. The van der Waals surface area contributed by atoms with Crippen LogP contribution in [0.5, 0.6) is 0 Å². The molecule has 0 radical (unpaired) electrons. The third-order valence-electron chi connectivity index (χ3n) is 5.53. The van der Waals surface area contributed by atoms with Gasteiger partial charge in [0.25, 0.3) is 5.91 Å². The summed E-state index contributed by atoms with van der Waals surface area (Å²) in [5, 5.41) is 0. The highest BCUT2D eigenvalue weighted by atomic mass is 32.2. The standard InChI is InChI=1S/C19H27N3O5S/c1-15-4-9-21(10-5-15)18(23)14-27-19(24)16-6-11-22(12-7-16)28(25,26)17-3-2-8-20-13-17/h2-3,8,13,15-16H,4-7,9-12,14H2,1H3. The van der Waals surface area contributed by atoms with Gasteiger partial charge in [-0.3, -0.25) is 14.6 Å². The van der Waals surface area contributed by atoms with Crippen molar-refractivity contribution in [3.05, 3.63) is 24.5 Å². The van der Waals surface area contributed by atoms with E-state index in [0.29, 0.717) is 31.8 Å². The molecule has 0 aromatic carbocycles. The first-order valence-corrected chi connectivity index (χ1v) is 11.2. The normalized spacial score (nSPS) is 20.1. The summed E-state index contributed by atoms with van der Waals surface area (Å²) < 4.78 is 31.8. The van der Waals surface area contributed by atoms with Crippen LogP contribution in [-0.4, -0.2) is 67.3 Å². The van der Waals surface area contributed by atoms with E-state index in [1.54, 1.807) is 11.0 Å². The lowest BCUT2D eigenvalue weighted by molar-refractivity contribution is -0.157. The highest BCUT2D eigenvalue weighted by molar-refractivity contribution is 7.89. The predicted molar refractivity (Wildman–Crippen MR) is 102 cm³/mol. The molecule has 2 aliphatic heterocycles. The van der Waals surface area contributed by atoms with Crippen LogP contribution in [0, 0.1) is 11.8 Å². The van der Waals surface area contributed by atoms with E-state index in [1.165, 1.54) is 22.8 Å². The van der Waals surface area contributed by atoms with Crippen molar-refractivity contribution in [2.45, 2.75) is 37.5 Å². The number of piperidine rings is 2. The summed E-state index contributed by atoms with van der Waals surface area (Å²) in [6.45, 7) is 3.85. The summed E-state index contributed by atoms with van der Waals surface area (Å²) in [5.74, 6) is -0.330. The van der Waals surface area contributed by atoms with Gasteiger partial charge in [-0.25, -0.2) is 8.42 Å². The third-order valence-corrected chi connectivity index (χ3v) is 7.42. The number of carbonyl (C=O) groups excluding carboxylic acids is 2. The molecule has 1 aromatic heterocycles. The summed E-state index contributed by atoms with van der Waals surface area (Å²) in [7, 11) is -3.60. The second-order valence-electron chi connectivity index (χ2n) is 7.54. The minimum Gasteiger partial charge on any atom is -0.455 e. The summed E-state index contributed by atoms with van der Waals surface area (Å²) in [6.07, 6.45) is 5.56. The molecule has 0 bridgehead atoms. The third kappa shape index (κ3) is 4.88. The van der Waals surface area contributed by atoms with Gasteiger partial charge in [0, 0.05) is 38.6 Å². The van der Waals surface area contributed by atoms with Crippen LogP contribution in [0.3, 0.4) is 0 Å². The Bertz CT molecular complexity index is 783. The summed E-state index contributed by atoms with van der Waals surface area (Å²) in [6, 6.07) is 3.09. The van der Waals surface area contributed by atoms with Crippen molar-refractivity contribution >= 4 is 21.9 Å². The summed E-state index contributed by atoms with van der Waals surface area (Å²) in [5.41, 5.74) is 0. The van der Waals surface area contributed by atoms with Gasteiger partial charge in [-0.15, -0.1) is 0 Å². The first-order valence-electron chi connectivity index (χ1n) is 9.72. The van der Waals surface area contributed by atoms with Crippen LogP contribution in [0.25, 0.3) is 0 Å². The number of carbonyl (C=O) groups is 2. The van der Waals surface area contributed by atoms with Crippen LogP contribution in [-0.2, 0) is 24.3 Å². The zero-order valence-corrected chi connectivity index (χ0v) is 16.9. The number of rotatable bonds is 5. The average Bonchev–Trinajstić information content (AvgIpc) is 2.73. The van der Waals surface area contributed by atoms with Gasteiger partial charge in [-0.1, -0.05) is 6.92 Å². The van der Waals surface area contributed by atoms with Gasteiger partial charge in [-0.05, 0) is 43.7 Å². The maximum atomic E-state index is 12.6. The van der Waals surface area contributed by atoms with E-state index >= 15 is 0 Å². The lowest BCUT2D eigenvalue weighted by Crippen LogP contribution is -2.42. The minimum absolute atomic E-state index is 0.150. The molecule has 9 heteroatoms. The van der Waals surface area contributed by atoms with E-state index in [2.05, 4.69) is 11.9 Å². The topological polar surface area (TPSA) is 96.9 Å². The molecular formula is C19H27N3O5S. The molecule has 2 saturated heterocycles. The molecule has 28 heavy (non-hydrogen) atoms. The fraction of sp³-hybridized carbons (Fsp3) is 0.632. The Hall–Kier alpha value is -2.00. The second-order valence-corrected chi connectivity index (χ2v) is 9.48. The number of hydrogen-bond donors (Lipinski definition) is 0. The fourth-order valence-electron chi connectivity index (χ4n) is 3.58. The number of amides is 1. The molecule has 0 spiro atoms. The van der Waals surface area contributed by atoms with E-state index in [1.807, 2.05) is 0 Å². The smallest absolute Gasteiger partial charge is 0.309 e. The average molecular weight is 410 g/mol. The second kappa shape index (κ2) is 9.00. The van der Waals surface area contributed by atoms with Crippen LogP contribution < -0.4 is 0 Å². The Morgan fingerprint density at radius 3 is 2.43 bits per heavy atom. The quantitative estimate of drug-likeness (QED) is 0.680. The molecule has 2 aliphatic rings. The van der Waals surface area contributed by atoms with E-state index in [-0.39, 0.29) is 36.4 Å². The van der Waals surface area contributed by atoms with Crippen molar-refractivity contribution in [2.75, 3.05) is 32.8 Å². The molecule has 0 aliphatic carbocycles. The molecule has 0 atom stereocenters. The van der Waals surface area contributed by atoms with Gasteiger partial charge in [0.05, 0.1) is 5.92 Å². The van der Waals surface area contributed by atoms with Crippen molar-refractivity contribution in [1.82, 2.24) is 14.2 Å². The SMILES string of the molecule is CC1CCN(C(=O)COC(=O)C2CCN(S(=O)(=O)c3cccnc3)CC2)CC1. The van der Waals surface area contributed by atoms with Gasteiger partial charge in [-0.2, -0.15) is 4.31 Å². The highest BCUT2D eigenvalue weighted by Crippen LogP contribution is 2.24. The van der Waals surface area contributed by atoms with Gasteiger partial charge >= 0.3 is 5.97 Å². The predicted octanol–water partition coefficient (Wildman–Crippen LogP) is 1.28. The molecular weight excluding hydrogens is 382 g/mol. The van der Waals surface area contributed by atoms with E-state index in [4.69, 9.17) is 4.74 Å². The lowest BCUT2D eigenvalue weighted by Gasteiger charge is -2.31. The van der Waals surface area contributed by atoms with Gasteiger partial charge in [0.2, 0.25) is 10.0 Å². The van der Waals surface area contributed by atoms with Crippen molar-refractivity contribution in [2.24, 2.45) is 11.8 Å². The Balaban J connectivity index is 1.46. The Morgan fingerprint density at radius 1 is 1.14 bits per heavy atom. The monoisotopic (exact) mass is 409 g/mol. The number of sulfonamides is 1. The minimum atomic E-state index is -3.60. The zero-order chi connectivity index (χ0) is 20.1. The van der Waals surface area contributed by atoms with E-state index in [0.717, 1.165) is 12.8 Å². The molecule has 3 rings (SSSR count). The maximum Gasteiger partial charge on any atom is 0.309 e. The number of pyridine rings is 1. The van der Waals surface area contributed by atoms with E-state index < -0.39 is 16.0 Å². The molecule has 154 valence electrons. The Kier molecular flexibility index (Phi) is 6.66. The molecule has 0 unspecified atom stereocenters. The number of aromatic nitrogens is 1. The van der Waals surface area contributed by atoms with Gasteiger partial charge in [0.15, 0.2) is 6.61 Å². The number of esters is 1. The Labute approximate surface area is 165 Å². The van der Waals surface area contributed by atoms with E-state index in [9.17, 15) is 18.0 Å². The lowest BCUT2D eigenvalue weighted by atomic mass is 9.98. The molecule has 0 N–H and O–H groups in total. The first-order chi connectivity index (χ1) is 13.4. The fourth-order valence-corrected chi connectivity index (χ4v) is 5.01. The molecule has 1 aromatic rings. The number of ether oxygens (including phenoxy) is 1. The highest BCUT2D eigenvalue weighted by Gasteiger charge is 2.33. The maximum absolute atomic E-state index is 12.6. The molecule has 0 saturated carbocycles.